The Morgan fingerprint density at radius 3 is 2.82 bits per heavy atom. The Balaban J connectivity index is 2.35. The molecule has 1 aromatic carbocycles. The largest absolute Gasteiger partial charge is 0.495 e. The molecule has 0 fully saturated rings. The standard InChI is InChI=1S/C11H9Cl2N3O/c1-17-10-3-2-7(12)4-9(10)16-11-8(13)5-14-6-15-11/h2-6H,1H3,(H,14,15,16). The molecule has 0 amide bonds. The van der Waals surface area contributed by atoms with Crippen LogP contribution in [0, 0.1) is 0 Å². The lowest BCUT2D eigenvalue weighted by molar-refractivity contribution is 0.417. The molecule has 6 heteroatoms. The molecule has 17 heavy (non-hydrogen) atoms. The third-order valence-electron chi connectivity index (χ3n) is 2.08. The van der Waals surface area contributed by atoms with Crippen molar-refractivity contribution in [1.82, 2.24) is 9.97 Å². The summed E-state index contributed by atoms with van der Waals surface area (Å²) in [5.41, 5.74) is 0.695. The van der Waals surface area contributed by atoms with Crippen molar-refractivity contribution in [2.75, 3.05) is 12.4 Å². The Morgan fingerprint density at radius 1 is 1.29 bits per heavy atom. The molecule has 1 N–H and O–H groups in total. The number of benzene rings is 1. The minimum absolute atomic E-state index is 0.425. The Bertz CT molecular complexity index is 534. The average molecular weight is 270 g/mol. The van der Waals surface area contributed by atoms with Crippen LogP contribution in [-0.2, 0) is 0 Å². The third kappa shape index (κ3) is 2.78. The van der Waals surface area contributed by atoms with Crippen LogP contribution in [0.3, 0.4) is 0 Å². The highest BCUT2D eigenvalue weighted by Crippen LogP contribution is 2.31. The molecule has 0 saturated heterocycles. The van der Waals surface area contributed by atoms with Gasteiger partial charge in [0.15, 0.2) is 5.82 Å². The molecular weight excluding hydrogens is 261 g/mol. The zero-order valence-corrected chi connectivity index (χ0v) is 10.5. The second kappa shape index (κ2) is 5.21. The molecule has 2 aromatic rings. The monoisotopic (exact) mass is 269 g/mol. The van der Waals surface area contributed by atoms with Gasteiger partial charge in [0.25, 0.3) is 0 Å². The molecule has 0 unspecified atom stereocenters. The molecule has 88 valence electrons. The summed E-state index contributed by atoms with van der Waals surface area (Å²) in [4.78, 5) is 7.83. The smallest absolute Gasteiger partial charge is 0.152 e. The molecule has 0 aliphatic heterocycles. The number of methoxy groups -OCH3 is 1. The second-order valence-electron chi connectivity index (χ2n) is 3.19. The first-order chi connectivity index (χ1) is 8.20. The average Bonchev–Trinajstić information content (AvgIpc) is 2.32. The molecule has 2 rings (SSSR count). The number of aromatic nitrogens is 2. The summed E-state index contributed by atoms with van der Waals surface area (Å²) in [6, 6.07) is 5.24. The summed E-state index contributed by atoms with van der Waals surface area (Å²) < 4.78 is 5.20. The minimum atomic E-state index is 0.425. The van der Waals surface area contributed by atoms with Crippen LogP contribution >= 0.6 is 23.2 Å². The van der Waals surface area contributed by atoms with Crippen LogP contribution in [0.2, 0.25) is 10.0 Å². The molecule has 4 nitrogen and oxygen atoms in total. The molecule has 0 bridgehead atoms. The summed E-state index contributed by atoms with van der Waals surface area (Å²) in [6.45, 7) is 0. The summed E-state index contributed by atoms with van der Waals surface area (Å²) in [5, 5.41) is 4.06. The topological polar surface area (TPSA) is 47.0 Å². The number of nitrogens with one attached hydrogen (secondary N) is 1. The lowest BCUT2D eigenvalue weighted by Crippen LogP contribution is -1.97. The van der Waals surface area contributed by atoms with Gasteiger partial charge < -0.3 is 10.1 Å². The Hall–Kier alpha value is -1.52. The SMILES string of the molecule is COc1ccc(Cl)cc1Nc1ncncc1Cl. The van der Waals surface area contributed by atoms with Crippen LogP contribution in [0.25, 0.3) is 0 Å². The summed E-state index contributed by atoms with van der Waals surface area (Å²) >= 11 is 11.9. The minimum Gasteiger partial charge on any atom is -0.495 e. The van der Waals surface area contributed by atoms with E-state index in [0.717, 1.165) is 0 Å². The fraction of sp³-hybridized carbons (Fsp3) is 0.0909. The van der Waals surface area contributed by atoms with E-state index in [1.807, 2.05) is 0 Å². The summed E-state index contributed by atoms with van der Waals surface area (Å²) in [6.07, 6.45) is 2.92. The summed E-state index contributed by atoms with van der Waals surface area (Å²) in [5.74, 6) is 1.16. The molecular formula is C11H9Cl2N3O. The van der Waals surface area contributed by atoms with E-state index in [0.29, 0.717) is 27.3 Å². The van der Waals surface area contributed by atoms with Crippen molar-refractivity contribution in [3.05, 3.63) is 40.8 Å². The van der Waals surface area contributed by atoms with Crippen LogP contribution in [0.4, 0.5) is 11.5 Å². The maximum Gasteiger partial charge on any atom is 0.152 e. The van der Waals surface area contributed by atoms with Gasteiger partial charge in [0.1, 0.15) is 17.1 Å². The fourth-order valence-electron chi connectivity index (χ4n) is 1.31. The van der Waals surface area contributed by atoms with E-state index in [1.165, 1.54) is 12.5 Å². The Kier molecular flexibility index (Phi) is 3.66. The van der Waals surface area contributed by atoms with E-state index >= 15 is 0 Å². The first kappa shape index (κ1) is 12.0. The number of nitrogens with zero attached hydrogens (tertiary/aromatic N) is 2. The second-order valence-corrected chi connectivity index (χ2v) is 4.03. The summed E-state index contributed by atoms with van der Waals surface area (Å²) in [7, 11) is 1.58. The van der Waals surface area contributed by atoms with Crippen molar-refractivity contribution in [2.45, 2.75) is 0 Å². The van der Waals surface area contributed by atoms with E-state index in [-0.39, 0.29) is 0 Å². The van der Waals surface area contributed by atoms with Crippen molar-refractivity contribution < 1.29 is 4.74 Å². The number of hydrogen-bond acceptors (Lipinski definition) is 4. The Morgan fingerprint density at radius 2 is 2.12 bits per heavy atom. The quantitative estimate of drug-likeness (QED) is 0.926. The molecule has 0 aliphatic carbocycles. The lowest BCUT2D eigenvalue weighted by atomic mass is 10.3. The van der Waals surface area contributed by atoms with Gasteiger partial charge in [-0.15, -0.1) is 0 Å². The van der Waals surface area contributed by atoms with Gasteiger partial charge in [-0.05, 0) is 18.2 Å². The highest BCUT2D eigenvalue weighted by molar-refractivity contribution is 6.33. The van der Waals surface area contributed by atoms with Crippen molar-refractivity contribution in [3.63, 3.8) is 0 Å². The van der Waals surface area contributed by atoms with Crippen molar-refractivity contribution in [2.24, 2.45) is 0 Å². The van der Waals surface area contributed by atoms with Crippen molar-refractivity contribution in [1.29, 1.82) is 0 Å². The van der Waals surface area contributed by atoms with Gasteiger partial charge in [-0.25, -0.2) is 9.97 Å². The van der Waals surface area contributed by atoms with Crippen LogP contribution in [0.1, 0.15) is 0 Å². The van der Waals surface area contributed by atoms with Gasteiger partial charge in [0.05, 0.1) is 19.0 Å². The van der Waals surface area contributed by atoms with Gasteiger partial charge in [-0.3, -0.25) is 0 Å². The zero-order valence-electron chi connectivity index (χ0n) is 8.95. The highest BCUT2D eigenvalue weighted by Gasteiger charge is 2.07. The number of ether oxygens (including phenoxy) is 1. The first-order valence-electron chi connectivity index (χ1n) is 4.77. The Labute approximate surface area is 109 Å². The molecule has 1 aromatic heterocycles. The van der Waals surface area contributed by atoms with E-state index < -0.39 is 0 Å². The van der Waals surface area contributed by atoms with Crippen LogP contribution in [0.15, 0.2) is 30.7 Å². The van der Waals surface area contributed by atoms with Gasteiger partial charge >= 0.3 is 0 Å². The molecule has 1 heterocycles. The predicted octanol–water partition coefficient (Wildman–Crippen LogP) is 3.54. The van der Waals surface area contributed by atoms with E-state index in [2.05, 4.69) is 15.3 Å². The lowest BCUT2D eigenvalue weighted by Gasteiger charge is -2.11. The normalized spacial score (nSPS) is 10.1. The van der Waals surface area contributed by atoms with E-state index in [1.54, 1.807) is 25.3 Å². The van der Waals surface area contributed by atoms with Gasteiger partial charge in [0, 0.05) is 5.02 Å². The maximum atomic E-state index is 5.95. The highest BCUT2D eigenvalue weighted by atomic mass is 35.5. The molecule has 0 aliphatic rings. The number of rotatable bonds is 3. The van der Waals surface area contributed by atoms with E-state index in [4.69, 9.17) is 27.9 Å². The van der Waals surface area contributed by atoms with Crippen molar-refractivity contribution in [3.8, 4) is 5.75 Å². The number of anilines is 2. The first-order valence-corrected chi connectivity index (χ1v) is 5.52. The van der Waals surface area contributed by atoms with Gasteiger partial charge in [0.2, 0.25) is 0 Å². The molecule has 0 atom stereocenters. The molecule has 0 spiro atoms. The molecule has 0 radical (unpaired) electrons. The number of halogens is 2. The maximum absolute atomic E-state index is 5.95. The van der Waals surface area contributed by atoms with Crippen molar-refractivity contribution >= 4 is 34.7 Å². The fourth-order valence-corrected chi connectivity index (χ4v) is 1.63. The van der Waals surface area contributed by atoms with Crippen LogP contribution in [0.5, 0.6) is 5.75 Å². The third-order valence-corrected chi connectivity index (χ3v) is 2.59. The van der Waals surface area contributed by atoms with Crippen LogP contribution < -0.4 is 10.1 Å². The van der Waals surface area contributed by atoms with Gasteiger partial charge in [-0.1, -0.05) is 23.2 Å². The van der Waals surface area contributed by atoms with E-state index in [9.17, 15) is 0 Å². The van der Waals surface area contributed by atoms with Gasteiger partial charge in [-0.2, -0.15) is 0 Å². The number of hydrogen-bond donors (Lipinski definition) is 1. The molecule has 0 saturated carbocycles. The van der Waals surface area contributed by atoms with Crippen LogP contribution in [-0.4, -0.2) is 17.1 Å². The predicted molar refractivity (Wildman–Crippen MR) is 68.3 cm³/mol. The zero-order chi connectivity index (χ0) is 12.3.